The molecule has 1 aromatic carbocycles. The third-order valence-corrected chi connectivity index (χ3v) is 3.16. The van der Waals surface area contributed by atoms with E-state index in [-0.39, 0.29) is 17.9 Å². The molecule has 0 aliphatic heterocycles. The topological polar surface area (TPSA) is 78.0 Å². The zero-order chi connectivity index (χ0) is 14.0. The van der Waals surface area contributed by atoms with Crippen molar-refractivity contribution < 1.29 is 9.90 Å². The van der Waals surface area contributed by atoms with Gasteiger partial charge in [0.05, 0.1) is 17.8 Å². The number of H-pyrrole nitrogens is 1. The van der Waals surface area contributed by atoms with E-state index in [2.05, 4.69) is 15.5 Å². The first-order chi connectivity index (χ1) is 8.88. The van der Waals surface area contributed by atoms with Crippen LogP contribution in [-0.4, -0.2) is 33.9 Å². The Morgan fingerprint density at radius 2 is 2.21 bits per heavy atom. The second-order valence-electron chi connectivity index (χ2n) is 5.76. The van der Waals surface area contributed by atoms with E-state index >= 15 is 0 Å². The Bertz CT molecular complexity index is 584. The van der Waals surface area contributed by atoms with Crippen molar-refractivity contribution in [1.29, 1.82) is 0 Å². The van der Waals surface area contributed by atoms with Gasteiger partial charge in [0.25, 0.3) is 5.91 Å². The molecule has 5 heteroatoms. The van der Waals surface area contributed by atoms with Gasteiger partial charge in [-0.15, -0.1) is 0 Å². The zero-order valence-electron chi connectivity index (χ0n) is 11.4. The lowest BCUT2D eigenvalue weighted by Crippen LogP contribution is -2.39. The standard InChI is InChI=1S/C14H19N3O2/c1-14(2,3)12(18)8-15-13(19)9-4-5-11-10(6-9)7-16-17-11/h4-7,12,18H,8H2,1-3H3,(H,15,19)(H,16,17). The minimum absolute atomic E-state index is 0.189. The lowest BCUT2D eigenvalue weighted by molar-refractivity contribution is 0.0587. The van der Waals surface area contributed by atoms with Crippen molar-refractivity contribution in [3.05, 3.63) is 30.0 Å². The lowest BCUT2D eigenvalue weighted by atomic mass is 9.89. The van der Waals surface area contributed by atoms with Crippen molar-refractivity contribution in [3.8, 4) is 0 Å². The highest BCUT2D eigenvalue weighted by atomic mass is 16.3. The Balaban J connectivity index is 2.03. The van der Waals surface area contributed by atoms with E-state index in [0.717, 1.165) is 10.9 Å². The molecule has 0 saturated heterocycles. The smallest absolute Gasteiger partial charge is 0.251 e. The largest absolute Gasteiger partial charge is 0.391 e. The number of carbonyl (C=O) groups is 1. The number of aromatic nitrogens is 2. The molecule has 1 aromatic heterocycles. The van der Waals surface area contributed by atoms with E-state index in [9.17, 15) is 9.90 Å². The van der Waals surface area contributed by atoms with Gasteiger partial charge in [-0.2, -0.15) is 5.10 Å². The third kappa shape index (κ3) is 3.12. The zero-order valence-corrected chi connectivity index (χ0v) is 11.4. The second-order valence-corrected chi connectivity index (χ2v) is 5.76. The number of carbonyl (C=O) groups excluding carboxylic acids is 1. The van der Waals surface area contributed by atoms with Gasteiger partial charge in [-0.25, -0.2) is 0 Å². The number of aromatic amines is 1. The number of hydrogen-bond acceptors (Lipinski definition) is 3. The van der Waals surface area contributed by atoms with Crippen LogP contribution in [0.4, 0.5) is 0 Å². The molecule has 5 nitrogen and oxygen atoms in total. The Kier molecular flexibility index (Phi) is 3.57. The van der Waals surface area contributed by atoms with Crippen LogP contribution in [0.2, 0.25) is 0 Å². The maximum atomic E-state index is 12.0. The Labute approximate surface area is 112 Å². The average molecular weight is 261 g/mol. The quantitative estimate of drug-likeness (QED) is 0.787. The summed E-state index contributed by atoms with van der Waals surface area (Å²) < 4.78 is 0. The molecule has 1 heterocycles. The fraction of sp³-hybridized carbons (Fsp3) is 0.429. The number of fused-ring (bicyclic) bond motifs is 1. The summed E-state index contributed by atoms with van der Waals surface area (Å²) in [5, 5.41) is 20.3. The van der Waals surface area contributed by atoms with Gasteiger partial charge in [-0.05, 0) is 23.6 Å². The SMILES string of the molecule is CC(C)(C)C(O)CNC(=O)c1ccc2[nH]ncc2c1. The van der Waals surface area contributed by atoms with E-state index in [1.54, 1.807) is 18.3 Å². The summed E-state index contributed by atoms with van der Waals surface area (Å²) in [5.41, 5.74) is 1.21. The summed E-state index contributed by atoms with van der Waals surface area (Å²) in [6.45, 7) is 6.04. The molecule has 1 atom stereocenters. The number of hydrogen-bond donors (Lipinski definition) is 3. The molecule has 1 amide bonds. The number of amides is 1. The second kappa shape index (κ2) is 5.01. The molecule has 0 radical (unpaired) electrons. The van der Waals surface area contributed by atoms with Crippen LogP contribution in [0.15, 0.2) is 24.4 Å². The molecule has 0 bridgehead atoms. The van der Waals surface area contributed by atoms with Gasteiger partial charge >= 0.3 is 0 Å². The number of rotatable bonds is 3. The summed E-state index contributed by atoms with van der Waals surface area (Å²) in [5.74, 6) is -0.189. The van der Waals surface area contributed by atoms with Crippen LogP contribution < -0.4 is 5.32 Å². The summed E-state index contributed by atoms with van der Waals surface area (Å²) in [6.07, 6.45) is 1.10. The number of benzene rings is 1. The Morgan fingerprint density at radius 3 is 2.89 bits per heavy atom. The van der Waals surface area contributed by atoms with Crippen LogP contribution in [0.5, 0.6) is 0 Å². The average Bonchev–Trinajstić information content (AvgIpc) is 2.81. The summed E-state index contributed by atoms with van der Waals surface area (Å²) >= 11 is 0. The van der Waals surface area contributed by atoms with E-state index in [1.165, 1.54) is 0 Å². The first kappa shape index (κ1) is 13.5. The van der Waals surface area contributed by atoms with Gasteiger partial charge in [0, 0.05) is 17.5 Å². The van der Waals surface area contributed by atoms with Crippen LogP contribution in [-0.2, 0) is 0 Å². The molecule has 2 aromatic rings. The predicted molar refractivity (Wildman–Crippen MR) is 73.9 cm³/mol. The van der Waals surface area contributed by atoms with Crippen molar-refractivity contribution in [1.82, 2.24) is 15.5 Å². The molecule has 3 N–H and O–H groups in total. The molecule has 0 fully saturated rings. The Hall–Kier alpha value is -1.88. The third-order valence-electron chi connectivity index (χ3n) is 3.16. The lowest BCUT2D eigenvalue weighted by Gasteiger charge is -2.25. The van der Waals surface area contributed by atoms with Gasteiger partial charge < -0.3 is 10.4 Å². The van der Waals surface area contributed by atoms with Crippen molar-refractivity contribution in [2.75, 3.05) is 6.54 Å². The molecule has 0 spiro atoms. The van der Waals surface area contributed by atoms with Crippen LogP contribution in [0.1, 0.15) is 31.1 Å². The van der Waals surface area contributed by atoms with Gasteiger partial charge in [0.2, 0.25) is 0 Å². The minimum atomic E-state index is -0.575. The van der Waals surface area contributed by atoms with E-state index < -0.39 is 6.10 Å². The maximum Gasteiger partial charge on any atom is 0.251 e. The highest BCUT2D eigenvalue weighted by Gasteiger charge is 2.22. The molecule has 0 aliphatic carbocycles. The molecule has 2 rings (SSSR count). The van der Waals surface area contributed by atoms with Crippen molar-refractivity contribution in [2.24, 2.45) is 5.41 Å². The normalized spacial score (nSPS) is 13.5. The number of aliphatic hydroxyl groups is 1. The van der Waals surface area contributed by atoms with Crippen molar-refractivity contribution in [3.63, 3.8) is 0 Å². The molecule has 0 aliphatic rings. The first-order valence-electron chi connectivity index (χ1n) is 6.27. The summed E-state index contributed by atoms with van der Waals surface area (Å²) in [4.78, 5) is 12.0. The highest BCUT2D eigenvalue weighted by molar-refractivity contribution is 5.97. The summed E-state index contributed by atoms with van der Waals surface area (Å²) in [6, 6.07) is 5.33. The summed E-state index contributed by atoms with van der Waals surface area (Å²) in [7, 11) is 0. The Morgan fingerprint density at radius 1 is 1.47 bits per heavy atom. The molecule has 19 heavy (non-hydrogen) atoms. The molecule has 1 unspecified atom stereocenters. The van der Waals surface area contributed by atoms with Gasteiger partial charge in [-0.1, -0.05) is 20.8 Å². The maximum absolute atomic E-state index is 12.0. The number of nitrogens with zero attached hydrogens (tertiary/aromatic N) is 1. The van der Waals surface area contributed by atoms with Crippen LogP contribution in [0.25, 0.3) is 10.9 Å². The van der Waals surface area contributed by atoms with E-state index in [0.29, 0.717) is 5.56 Å². The van der Waals surface area contributed by atoms with Crippen molar-refractivity contribution in [2.45, 2.75) is 26.9 Å². The molecule has 0 saturated carbocycles. The van der Waals surface area contributed by atoms with Crippen LogP contribution >= 0.6 is 0 Å². The fourth-order valence-electron chi connectivity index (χ4n) is 1.68. The van der Waals surface area contributed by atoms with Crippen molar-refractivity contribution >= 4 is 16.8 Å². The monoisotopic (exact) mass is 261 g/mol. The number of nitrogens with one attached hydrogen (secondary N) is 2. The van der Waals surface area contributed by atoms with Crippen LogP contribution in [0.3, 0.4) is 0 Å². The van der Waals surface area contributed by atoms with Gasteiger partial charge in [0.15, 0.2) is 0 Å². The highest BCUT2D eigenvalue weighted by Crippen LogP contribution is 2.18. The van der Waals surface area contributed by atoms with Crippen LogP contribution in [0, 0.1) is 5.41 Å². The minimum Gasteiger partial charge on any atom is -0.391 e. The van der Waals surface area contributed by atoms with E-state index in [1.807, 2.05) is 26.8 Å². The molecular weight excluding hydrogens is 242 g/mol. The fourth-order valence-corrected chi connectivity index (χ4v) is 1.68. The van der Waals surface area contributed by atoms with Gasteiger partial charge in [0.1, 0.15) is 0 Å². The number of aliphatic hydroxyl groups excluding tert-OH is 1. The predicted octanol–water partition coefficient (Wildman–Crippen LogP) is 1.70. The van der Waals surface area contributed by atoms with E-state index in [4.69, 9.17) is 0 Å². The molecule has 102 valence electrons. The first-order valence-corrected chi connectivity index (χ1v) is 6.27. The van der Waals surface area contributed by atoms with Gasteiger partial charge in [-0.3, -0.25) is 9.89 Å². The molecular formula is C14H19N3O2.